The van der Waals surface area contributed by atoms with Gasteiger partial charge in [0, 0.05) is 10.7 Å². The molecule has 0 aliphatic rings. The van der Waals surface area contributed by atoms with Gasteiger partial charge in [0.2, 0.25) is 15.9 Å². The molecule has 0 heterocycles. The fourth-order valence-electron chi connectivity index (χ4n) is 1.95. The Hall–Kier alpha value is -1.18. The van der Waals surface area contributed by atoms with Crippen LogP contribution in [0, 0.1) is 0 Å². The fraction of sp³-hybridized carbons (Fsp3) is 0.133. The normalized spacial score (nSPS) is 11.2. The lowest BCUT2D eigenvalue weighted by Gasteiger charge is -2.23. The lowest BCUT2D eigenvalue weighted by molar-refractivity contribution is -0.114. The predicted molar refractivity (Wildman–Crippen MR) is 104 cm³/mol. The molecule has 0 fully saturated rings. The largest absolute Gasteiger partial charge is 0.325 e. The van der Waals surface area contributed by atoms with Crippen LogP contribution in [0.15, 0.2) is 36.4 Å². The van der Waals surface area contributed by atoms with E-state index in [4.69, 9.17) is 46.4 Å². The maximum Gasteiger partial charge on any atom is 0.245 e. The first-order chi connectivity index (χ1) is 11.6. The van der Waals surface area contributed by atoms with Crippen molar-refractivity contribution in [3.63, 3.8) is 0 Å². The molecule has 0 aliphatic carbocycles. The number of hydrogen-bond acceptors (Lipinski definition) is 3. The highest BCUT2D eigenvalue weighted by Crippen LogP contribution is 2.35. The van der Waals surface area contributed by atoms with Gasteiger partial charge in [0.15, 0.2) is 0 Å². The Kier molecular flexibility index (Phi) is 6.45. The molecule has 0 saturated heterocycles. The number of nitrogens with one attached hydrogen (secondary N) is 1. The van der Waals surface area contributed by atoms with Crippen molar-refractivity contribution in [1.82, 2.24) is 0 Å². The SMILES string of the molecule is CS(=O)(=O)N(CC(=O)Nc1ccc(Cl)cc1)c1cc(Cl)c(Cl)cc1Cl. The van der Waals surface area contributed by atoms with Crippen molar-refractivity contribution in [2.24, 2.45) is 0 Å². The molecule has 2 aromatic carbocycles. The van der Waals surface area contributed by atoms with Crippen molar-refractivity contribution in [3.05, 3.63) is 56.5 Å². The van der Waals surface area contributed by atoms with Gasteiger partial charge in [-0.15, -0.1) is 0 Å². The topological polar surface area (TPSA) is 66.5 Å². The van der Waals surface area contributed by atoms with Gasteiger partial charge in [0.05, 0.1) is 27.0 Å². The third kappa shape index (κ3) is 5.39. The first-order valence-corrected chi connectivity index (χ1v) is 10.1. The highest BCUT2D eigenvalue weighted by Gasteiger charge is 2.24. The molecule has 0 unspecified atom stereocenters. The number of sulfonamides is 1. The summed E-state index contributed by atoms with van der Waals surface area (Å²) in [6.07, 6.45) is 0.960. The van der Waals surface area contributed by atoms with Gasteiger partial charge in [-0.3, -0.25) is 9.10 Å². The van der Waals surface area contributed by atoms with Crippen LogP contribution in [-0.2, 0) is 14.8 Å². The summed E-state index contributed by atoms with van der Waals surface area (Å²) in [7, 11) is -3.80. The molecule has 0 atom stereocenters. The molecule has 1 amide bonds. The molecule has 134 valence electrons. The summed E-state index contributed by atoms with van der Waals surface area (Å²) >= 11 is 23.6. The smallest absolute Gasteiger partial charge is 0.245 e. The van der Waals surface area contributed by atoms with Gasteiger partial charge >= 0.3 is 0 Å². The molecule has 0 radical (unpaired) electrons. The molecule has 0 bridgehead atoms. The zero-order valence-corrected chi connectivity index (χ0v) is 16.6. The number of benzene rings is 2. The monoisotopic (exact) mass is 440 g/mol. The summed E-state index contributed by atoms with van der Waals surface area (Å²) in [6.45, 7) is -0.487. The van der Waals surface area contributed by atoms with Gasteiger partial charge in [-0.2, -0.15) is 0 Å². The second-order valence-electron chi connectivity index (χ2n) is 5.04. The van der Waals surface area contributed by atoms with E-state index in [0.717, 1.165) is 10.6 Å². The van der Waals surface area contributed by atoms with Gasteiger partial charge < -0.3 is 5.32 Å². The predicted octanol–water partition coefficient (Wildman–Crippen LogP) is 4.70. The van der Waals surface area contributed by atoms with Gasteiger partial charge in [0.1, 0.15) is 6.54 Å². The summed E-state index contributed by atoms with van der Waals surface area (Å²) in [6, 6.07) is 9.00. The van der Waals surface area contributed by atoms with Crippen molar-refractivity contribution in [1.29, 1.82) is 0 Å². The number of nitrogens with zero attached hydrogens (tertiary/aromatic N) is 1. The Morgan fingerprint density at radius 3 is 2.12 bits per heavy atom. The molecule has 10 heteroatoms. The summed E-state index contributed by atoms with van der Waals surface area (Å²) in [5, 5.41) is 3.44. The van der Waals surface area contributed by atoms with E-state index in [0.29, 0.717) is 10.7 Å². The van der Waals surface area contributed by atoms with Crippen molar-refractivity contribution in [2.75, 3.05) is 22.4 Å². The summed E-state index contributed by atoms with van der Waals surface area (Å²) in [5.74, 6) is -0.560. The molecule has 25 heavy (non-hydrogen) atoms. The van der Waals surface area contributed by atoms with Crippen LogP contribution < -0.4 is 9.62 Å². The van der Waals surface area contributed by atoms with E-state index in [2.05, 4.69) is 5.32 Å². The Balaban J connectivity index is 2.29. The van der Waals surface area contributed by atoms with Crippen molar-refractivity contribution in [2.45, 2.75) is 0 Å². The lowest BCUT2D eigenvalue weighted by Crippen LogP contribution is -2.37. The minimum atomic E-state index is -3.80. The summed E-state index contributed by atoms with van der Waals surface area (Å²) in [5.41, 5.74) is 0.535. The standard InChI is InChI=1S/C15H12Cl4N2O3S/c1-25(23,24)21(14-7-12(18)11(17)6-13(14)19)8-15(22)20-10-4-2-9(16)3-5-10/h2-7H,8H2,1H3,(H,20,22). The van der Waals surface area contributed by atoms with Gasteiger partial charge in [-0.1, -0.05) is 46.4 Å². The van der Waals surface area contributed by atoms with E-state index in [1.807, 2.05) is 0 Å². The third-order valence-electron chi connectivity index (χ3n) is 3.07. The van der Waals surface area contributed by atoms with Crippen LogP contribution in [0.1, 0.15) is 0 Å². The molecular weight excluding hydrogens is 430 g/mol. The third-order valence-corrected chi connectivity index (χ3v) is 5.48. The Labute approximate surface area is 165 Å². The van der Waals surface area contributed by atoms with Crippen molar-refractivity contribution < 1.29 is 13.2 Å². The number of anilines is 2. The van der Waals surface area contributed by atoms with E-state index < -0.39 is 22.5 Å². The minimum Gasteiger partial charge on any atom is -0.325 e. The van der Waals surface area contributed by atoms with Crippen LogP contribution in [0.4, 0.5) is 11.4 Å². The highest BCUT2D eigenvalue weighted by molar-refractivity contribution is 7.92. The lowest BCUT2D eigenvalue weighted by atomic mass is 10.3. The molecule has 1 N–H and O–H groups in total. The van der Waals surface area contributed by atoms with E-state index in [1.165, 1.54) is 12.1 Å². The Morgan fingerprint density at radius 2 is 1.56 bits per heavy atom. The van der Waals surface area contributed by atoms with Gasteiger partial charge in [-0.05, 0) is 36.4 Å². The number of carbonyl (C=O) groups is 1. The van der Waals surface area contributed by atoms with Crippen LogP contribution >= 0.6 is 46.4 Å². The van der Waals surface area contributed by atoms with Crippen LogP contribution in [-0.4, -0.2) is 27.1 Å². The average Bonchev–Trinajstić information content (AvgIpc) is 2.50. The van der Waals surface area contributed by atoms with E-state index in [9.17, 15) is 13.2 Å². The molecule has 0 aliphatic heterocycles. The number of halogens is 4. The zero-order chi connectivity index (χ0) is 18.8. The molecule has 0 aromatic heterocycles. The quantitative estimate of drug-likeness (QED) is 0.683. The molecule has 2 aromatic rings. The molecular formula is C15H12Cl4N2O3S. The Morgan fingerprint density at radius 1 is 1.00 bits per heavy atom. The van der Waals surface area contributed by atoms with Crippen LogP contribution in [0.3, 0.4) is 0 Å². The van der Waals surface area contributed by atoms with Gasteiger partial charge in [0.25, 0.3) is 0 Å². The number of rotatable bonds is 5. The zero-order valence-electron chi connectivity index (χ0n) is 12.8. The molecule has 0 saturated carbocycles. The van der Waals surface area contributed by atoms with Crippen molar-refractivity contribution in [3.8, 4) is 0 Å². The fourth-order valence-corrected chi connectivity index (χ4v) is 3.63. The van der Waals surface area contributed by atoms with E-state index in [-0.39, 0.29) is 20.8 Å². The van der Waals surface area contributed by atoms with Crippen LogP contribution in [0.2, 0.25) is 20.1 Å². The summed E-state index contributed by atoms with van der Waals surface area (Å²) in [4.78, 5) is 12.2. The van der Waals surface area contributed by atoms with Crippen molar-refractivity contribution >= 4 is 73.7 Å². The van der Waals surface area contributed by atoms with Crippen LogP contribution in [0.25, 0.3) is 0 Å². The minimum absolute atomic E-state index is 0.0547. The maximum atomic E-state index is 12.2. The first-order valence-electron chi connectivity index (χ1n) is 6.75. The van der Waals surface area contributed by atoms with Gasteiger partial charge in [-0.25, -0.2) is 8.42 Å². The Bertz CT molecular complexity index is 902. The number of hydrogen-bond donors (Lipinski definition) is 1. The van der Waals surface area contributed by atoms with E-state index in [1.54, 1.807) is 24.3 Å². The van der Waals surface area contributed by atoms with Crippen LogP contribution in [0.5, 0.6) is 0 Å². The number of amides is 1. The number of carbonyl (C=O) groups excluding carboxylic acids is 1. The second-order valence-corrected chi connectivity index (χ2v) is 8.61. The second kappa shape index (κ2) is 8.01. The molecule has 5 nitrogen and oxygen atoms in total. The average molecular weight is 442 g/mol. The summed E-state index contributed by atoms with van der Waals surface area (Å²) < 4.78 is 25.1. The maximum absolute atomic E-state index is 12.2. The molecule has 0 spiro atoms. The first kappa shape index (κ1) is 20.1. The highest BCUT2D eigenvalue weighted by atomic mass is 35.5. The molecule has 2 rings (SSSR count). The van der Waals surface area contributed by atoms with E-state index >= 15 is 0 Å².